The summed E-state index contributed by atoms with van der Waals surface area (Å²) >= 11 is 3.43. The van der Waals surface area contributed by atoms with Crippen molar-refractivity contribution in [3.63, 3.8) is 0 Å². The van der Waals surface area contributed by atoms with Crippen molar-refractivity contribution in [1.82, 2.24) is 10.3 Å². The zero-order valence-corrected chi connectivity index (χ0v) is 11.9. The fraction of sp³-hybridized carbons (Fsp3) is 0.545. The quantitative estimate of drug-likeness (QED) is 0.666. The Morgan fingerprint density at radius 2 is 2.39 bits per heavy atom. The summed E-state index contributed by atoms with van der Waals surface area (Å²) in [4.78, 5) is 16.8. The van der Waals surface area contributed by atoms with Crippen LogP contribution in [0.3, 0.4) is 0 Å². The van der Waals surface area contributed by atoms with Gasteiger partial charge in [-0.3, -0.25) is 10.1 Å². The molecule has 0 aliphatic carbocycles. The summed E-state index contributed by atoms with van der Waals surface area (Å²) in [6.07, 6.45) is 1.34. The molecule has 0 radical (unpaired) electrons. The van der Waals surface area contributed by atoms with Gasteiger partial charge in [-0.1, -0.05) is 0 Å². The van der Waals surface area contributed by atoms with Crippen molar-refractivity contribution in [3.8, 4) is 0 Å². The summed E-state index contributed by atoms with van der Waals surface area (Å²) in [5, 5.41) is 14.2. The Morgan fingerprint density at radius 3 is 3.00 bits per heavy atom. The van der Waals surface area contributed by atoms with Crippen LogP contribution in [0.15, 0.2) is 10.7 Å². The first-order valence-corrected chi connectivity index (χ1v) is 6.58. The van der Waals surface area contributed by atoms with E-state index >= 15 is 0 Å². The van der Waals surface area contributed by atoms with E-state index < -0.39 is 4.92 Å². The smallest absolute Gasteiger partial charge is 0.291 e. The molecule has 98 valence electrons. The third-order valence-corrected chi connectivity index (χ3v) is 4.03. The average molecular weight is 315 g/mol. The van der Waals surface area contributed by atoms with Crippen LogP contribution in [0.25, 0.3) is 0 Å². The van der Waals surface area contributed by atoms with Gasteiger partial charge in [0, 0.05) is 31.2 Å². The second kappa shape index (κ2) is 5.19. The van der Waals surface area contributed by atoms with Gasteiger partial charge < -0.3 is 10.2 Å². The van der Waals surface area contributed by atoms with E-state index in [0.717, 1.165) is 25.5 Å². The highest BCUT2D eigenvalue weighted by molar-refractivity contribution is 9.10. The van der Waals surface area contributed by atoms with Crippen molar-refractivity contribution in [1.29, 1.82) is 0 Å². The molecule has 2 rings (SSSR count). The highest BCUT2D eigenvalue weighted by Gasteiger charge is 2.23. The van der Waals surface area contributed by atoms with E-state index in [-0.39, 0.29) is 5.69 Å². The number of halogens is 1. The first-order valence-electron chi connectivity index (χ1n) is 5.78. The third-order valence-electron chi connectivity index (χ3n) is 3.08. The molecule has 18 heavy (non-hydrogen) atoms. The van der Waals surface area contributed by atoms with Crippen LogP contribution in [0.5, 0.6) is 0 Å². The molecule has 1 aromatic heterocycles. The number of anilines is 1. The van der Waals surface area contributed by atoms with Gasteiger partial charge in [-0.05, 0) is 29.8 Å². The molecule has 0 aromatic carbocycles. The Bertz CT molecular complexity index is 480. The maximum atomic E-state index is 10.8. The van der Waals surface area contributed by atoms with Crippen LogP contribution < -0.4 is 10.2 Å². The molecular formula is C11H15BrN4O2. The van der Waals surface area contributed by atoms with Gasteiger partial charge in [0.05, 0.1) is 9.40 Å². The predicted octanol–water partition coefficient (Wildman–Crippen LogP) is 1.86. The molecule has 0 amide bonds. The number of nitro groups is 1. The van der Waals surface area contributed by atoms with Crippen molar-refractivity contribution < 1.29 is 4.92 Å². The number of hydrogen-bond acceptors (Lipinski definition) is 5. The summed E-state index contributed by atoms with van der Waals surface area (Å²) < 4.78 is 0.714. The minimum Gasteiger partial charge on any atom is -0.353 e. The maximum Gasteiger partial charge on any atom is 0.291 e. The summed E-state index contributed by atoms with van der Waals surface area (Å²) in [7, 11) is 0. The molecule has 0 saturated carbocycles. The van der Waals surface area contributed by atoms with E-state index in [4.69, 9.17) is 0 Å². The molecule has 1 aliphatic rings. The van der Waals surface area contributed by atoms with Crippen molar-refractivity contribution in [2.75, 3.05) is 24.5 Å². The molecule has 1 aromatic rings. The zero-order chi connectivity index (χ0) is 13.3. The number of pyridine rings is 1. The largest absolute Gasteiger partial charge is 0.353 e. The van der Waals surface area contributed by atoms with Crippen LogP contribution in [-0.2, 0) is 0 Å². The molecule has 1 atom stereocenters. The Kier molecular flexibility index (Phi) is 3.82. The number of piperazine rings is 1. The van der Waals surface area contributed by atoms with Gasteiger partial charge in [0.2, 0.25) is 0 Å². The lowest BCUT2D eigenvalue weighted by molar-refractivity contribution is -0.385. The molecule has 0 unspecified atom stereocenters. The fourth-order valence-electron chi connectivity index (χ4n) is 2.09. The second-order valence-electron chi connectivity index (χ2n) is 4.46. The average Bonchev–Trinajstić information content (AvgIpc) is 2.32. The van der Waals surface area contributed by atoms with Crippen LogP contribution in [0.1, 0.15) is 12.5 Å². The van der Waals surface area contributed by atoms with Crippen LogP contribution in [0.4, 0.5) is 11.5 Å². The molecular weight excluding hydrogens is 300 g/mol. The molecule has 7 heteroatoms. The topological polar surface area (TPSA) is 71.3 Å². The normalized spacial score (nSPS) is 19.9. The Hall–Kier alpha value is -1.21. The summed E-state index contributed by atoms with van der Waals surface area (Å²) in [6, 6.07) is 0.392. The Morgan fingerprint density at radius 1 is 1.67 bits per heavy atom. The van der Waals surface area contributed by atoms with Crippen molar-refractivity contribution in [2.45, 2.75) is 19.9 Å². The van der Waals surface area contributed by atoms with Gasteiger partial charge in [0.25, 0.3) is 5.69 Å². The first kappa shape index (κ1) is 13.2. The summed E-state index contributed by atoms with van der Waals surface area (Å²) in [5.74, 6) is 0.784. The summed E-state index contributed by atoms with van der Waals surface area (Å²) in [6.45, 7) is 6.44. The molecule has 1 N–H and O–H groups in total. The number of rotatable bonds is 2. The standard InChI is InChI=1S/C11H15BrN4O2/c1-7-6-15(4-3-13-7)11-10(12)8(2)9(5-14-11)16(17)18/h5,7,13H,3-4,6H2,1-2H3/t7-/m1/s1. The highest BCUT2D eigenvalue weighted by Crippen LogP contribution is 2.32. The fourth-order valence-corrected chi connectivity index (χ4v) is 2.64. The second-order valence-corrected chi connectivity index (χ2v) is 5.26. The van der Waals surface area contributed by atoms with E-state index in [1.54, 1.807) is 6.92 Å². The number of hydrogen-bond donors (Lipinski definition) is 1. The Balaban J connectivity index is 2.34. The number of nitrogens with one attached hydrogen (secondary N) is 1. The van der Waals surface area contributed by atoms with Gasteiger partial charge in [-0.2, -0.15) is 0 Å². The van der Waals surface area contributed by atoms with Crippen molar-refractivity contribution >= 4 is 27.4 Å². The number of aromatic nitrogens is 1. The summed E-state index contributed by atoms with van der Waals surface area (Å²) in [5.41, 5.74) is 0.671. The van der Waals surface area contributed by atoms with E-state index in [2.05, 4.69) is 38.1 Å². The van der Waals surface area contributed by atoms with E-state index in [9.17, 15) is 10.1 Å². The van der Waals surface area contributed by atoms with Crippen LogP contribution in [0.2, 0.25) is 0 Å². The molecule has 1 saturated heterocycles. The molecule has 2 heterocycles. The molecule has 0 spiro atoms. The monoisotopic (exact) mass is 314 g/mol. The van der Waals surface area contributed by atoms with Crippen LogP contribution in [-0.4, -0.2) is 35.6 Å². The zero-order valence-electron chi connectivity index (χ0n) is 10.3. The van der Waals surface area contributed by atoms with Crippen LogP contribution >= 0.6 is 15.9 Å². The van der Waals surface area contributed by atoms with Gasteiger partial charge in [0.1, 0.15) is 12.0 Å². The van der Waals surface area contributed by atoms with E-state index in [1.807, 2.05) is 0 Å². The SMILES string of the molecule is Cc1c([N+](=O)[O-])cnc(N2CCN[C@H](C)C2)c1Br. The third kappa shape index (κ3) is 2.46. The van der Waals surface area contributed by atoms with Crippen molar-refractivity contribution in [3.05, 3.63) is 26.3 Å². The molecule has 6 nitrogen and oxygen atoms in total. The van der Waals surface area contributed by atoms with Crippen molar-refractivity contribution in [2.24, 2.45) is 0 Å². The highest BCUT2D eigenvalue weighted by atomic mass is 79.9. The van der Waals surface area contributed by atoms with Gasteiger partial charge in [-0.25, -0.2) is 4.98 Å². The minimum atomic E-state index is -0.405. The maximum absolute atomic E-state index is 10.8. The van der Waals surface area contributed by atoms with Crippen LogP contribution in [0, 0.1) is 17.0 Å². The lowest BCUT2D eigenvalue weighted by Crippen LogP contribution is -2.49. The predicted molar refractivity (Wildman–Crippen MR) is 73.0 cm³/mol. The lowest BCUT2D eigenvalue weighted by Gasteiger charge is -2.33. The molecule has 1 fully saturated rings. The van der Waals surface area contributed by atoms with E-state index in [1.165, 1.54) is 6.20 Å². The lowest BCUT2D eigenvalue weighted by atomic mass is 10.2. The Labute approximate surface area is 114 Å². The van der Waals surface area contributed by atoms with Gasteiger partial charge in [-0.15, -0.1) is 0 Å². The van der Waals surface area contributed by atoms with Gasteiger partial charge in [0.15, 0.2) is 0 Å². The number of nitrogens with zero attached hydrogens (tertiary/aromatic N) is 3. The van der Waals surface area contributed by atoms with E-state index in [0.29, 0.717) is 16.1 Å². The first-order chi connectivity index (χ1) is 8.50. The minimum absolute atomic E-state index is 0.0498. The molecule has 1 aliphatic heterocycles. The van der Waals surface area contributed by atoms with Gasteiger partial charge >= 0.3 is 0 Å². The molecule has 0 bridgehead atoms.